The number of carbonyl (C=O) groups excluding carboxylic acids is 2. The van der Waals surface area contributed by atoms with E-state index >= 15 is 0 Å². The predicted molar refractivity (Wildman–Crippen MR) is 150 cm³/mol. The first-order valence-electron chi connectivity index (χ1n) is 13.5. The van der Waals surface area contributed by atoms with E-state index < -0.39 is 30.4 Å². The second kappa shape index (κ2) is 12.1. The van der Waals surface area contributed by atoms with Gasteiger partial charge in [-0.15, -0.1) is 0 Å². The fourth-order valence-corrected chi connectivity index (χ4v) is 5.11. The van der Waals surface area contributed by atoms with Crippen LogP contribution in [0.2, 0.25) is 0 Å². The SMILES string of the molecule is CN(CCCCCCCC(=O)Nc1cccc2c(O)[nH]cc12)C(=O)[C@H]1O[C@@H](n2cnc3c(N)ncnc32)[C@H](O)[C@@H]1O. The Bertz CT molecular complexity index is 1540. The number of imidazole rings is 1. The molecule has 4 atom stereocenters. The molecule has 0 unspecified atom stereocenters. The van der Waals surface area contributed by atoms with Gasteiger partial charge in [-0.2, -0.15) is 0 Å². The van der Waals surface area contributed by atoms with Crippen LogP contribution in [0.15, 0.2) is 37.1 Å². The molecule has 4 heterocycles. The average Bonchev–Trinajstić information content (AvgIpc) is 3.64. The number of benzene rings is 1. The summed E-state index contributed by atoms with van der Waals surface area (Å²) in [5, 5.41) is 35.3. The number of carbonyl (C=O) groups is 2. The van der Waals surface area contributed by atoms with Gasteiger partial charge in [0.25, 0.3) is 5.91 Å². The first kappa shape index (κ1) is 28.3. The van der Waals surface area contributed by atoms with Crippen LogP contribution in [0.1, 0.15) is 44.8 Å². The maximum Gasteiger partial charge on any atom is 0.254 e. The van der Waals surface area contributed by atoms with Crippen LogP contribution in [0, 0.1) is 0 Å². The van der Waals surface area contributed by atoms with E-state index in [1.165, 1.54) is 22.1 Å². The van der Waals surface area contributed by atoms with Gasteiger partial charge in [-0.3, -0.25) is 14.2 Å². The van der Waals surface area contributed by atoms with Gasteiger partial charge in [0, 0.05) is 37.0 Å². The Hall–Kier alpha value is -4.27. The zero-order valence-corrected chi connectivity index (χ0v) is 22.6. The van der Waals surface area contributed by atoms with Crippen molar-refractivity contribution in [3.05, 3.63) is 37.1 Å². The quantitative estimate of drug-likeness (QED) is 0.145. The van der Waals surface area contributed by atoms with E-state index in [1.54, 1.807) is 31.4 Å². The van der Waals surface area contributed by atoms with E-state index in [-0.39, 0.29) is 17.6 Å². The van der Waals surface area contributed by atoms with Gasteiger partial charge in [0.05, 0.1) is 12.0 Å². The number of aliphatic hydroxyl groups is 2. The first-order chi connectivity index (χ1) is 19.8. The third kappa shape index (κ3) is 5.80. The number of hydrogen-bond donors (Lipinski definition) is 6. The summed E-state index contributed by atoms with van der Waals surface area (Å²) in [6.45, 7) is 0.456. The number of aliphatic hydroxyl groups excluding tert-OH is 2. The smallest absolute Gasteiger partial charge is 0.254 e. The number of unbranched alkanes of at least 4 members (excludes halogenated alkanes) is 4. The number of rotatable bonds is 11. The number of nitrogens with zero attached hydrogens (tertiary/aromatic N) is 5. The number of nitrogen functional groups attached to an aromatic ring is 1. The highest BCUT2D eigenvalue weighted by Gasteiger charge is 2.48. The molecule has 3 aromatic heterocycles. The molecule has 5 rings (SSSR count). The van der Waals surface area contributed by atoms with Crippen LogP contribution in [-0.2, 0) is 14.3 Å². The fourth-order valence-electron chi connectivity index (χ4n) is 5.11. The number of aromatic nitrogens is 5. The van der Waals surface area contributed by atoms with Gasteiger partial charge < -0.3 is 41.0 Å². The zero-order chi connectivity index (χ0) is 29.1. The first-order valence-corrected chi connectivity index (χ1v) is 13.5. The van der Waals surface area contributed by atoms with Gasteiger partial charge >= 0.3 is 0 Å². The van der Waals surface area contributed by atoms with Crippen molar-refractivity contribution >= 4 is 45.3 Å². The Morgan fingerprint density at radius 2 is 1.88 bits per heavy atom. The third-order valence-electron chi connectivity index (χ3n) is 7.41. The summed E-state index contributed by atoms with van der Waals surface area (Å²) in [5.41, 5.74) is 7.14. The van der Waals surface area contributed by atoms with Crippen molar-refractivity contribution in [3.63, 3.8) is 0 Å². The number of H-pyrrole nitrogens is 1. The molecule has 1 saturated heterocycles. The van der Waals surface area contributed by atoms with Crippen LogP contribution >= 0.6 is 0 Å². The topological polar surface area (TPSA) is 205 Å². The predicted octanol–water partition coefficient (Wildman–Crippen LogP) is 1.65. The normalized spacial score (nSPS) is 20.6. The van der Waals surface area contributed by atoms with Gasteiger partial charge in [-0.05, 0) is 25.0 Å². The van der Waals surface area contributed by atoms with Crippen LogP contribution in [0.4, 0.5) is 11.5 Å². The van der Waals surface area contributed by atoms with Crippen LogP contribution in [0.5, 0.6) is 5.88 Å². The number of amides is 2. The Morgan fingerprint density at radius 1 is 1.10 bits per heavy atom. The number of nitrogens with two attached hydrogens (primary N) is 1. The number of likely N-dealkylation sites (N-methyl/N-ethyl adjacent to an activating group) is 1. The molecule has 0 spiro atoms. The van der Waals surface area contributed by atoms with Crippen LogP contribution in [0.25, 0.3) is 21.9 Å². The van der Waals surface area contributed by atoms with Crippen LogP contribution < -0.4 is 11.1 Å². The molecule has 0 aliphatic carbocycles. The molecule has 2 amide bonds. The summed E-state index contributed by atoms with van der Waals surface area (Å²) in [4.78, 5) is 41.8. The van der Waals surface area contributed by atoms with E-state index in [4.69, 9.17) is 10.5 Å². The fraction of sp³-hybridized carbons (Fsp3) is 0.444. The standard InChI is InChI=1S/C27H34N8O6/c1-34(11-6-4-2-3-5-10-18(36)33-17-9-7-8-15-16(17)12-29-25(15)39)26(40)22-20(37)21(38)27(41-22)35-14-32-19-23(28)30-13-31-24(19)35/h7-9,12-14,20-22,27,29,37-39H,2-6,10-11H2,1H3,(H,33,36)(H2,28,30,31)/t20-,21+,22-,27+/m0/s1. The van der Waals surface area contributed by atoms with E-state index in [9.17, 15) is 24.9 Å². The van der Waals surface area contributed by atoms with Gasteiger partial charge in [-0.25, -0.2) is 15.0 Å². The Kier molecular flexibility index (Phi) is 8.33. The van der Waals surface area contributed by atoms with Crippen LogP contribution in [-0.4, -0.2) is 88.4 Å². The number of aromatic amines is 1. The van der Waals surface area contributed by atoms with Crippen molar-refractivity contribution < 1.29 is 29.6 Å². The van der Waals surface area contributed by atoms with Crippen molar-refractivity contribution in [2.24, 2.45) is 0 Å². The summed E-state index contributed by atoms with van der Waals surface area (Å²) in [7, 11) is 1.63. The maximum atomic E-state index is 13.0. The summed E-state index contributed by atoms with van der Waals surface area (Å²) in [5.74, 6) is -0.273. The van der Waals surface area contributed by atoms with E-state index in [1.807, 2.05) is 0 Å². The molecular weight excluding hydrogens is 532 g/mol. The molecule has 1 aromatic carbocycles. The number of fused-ring (bicyclic) bond motifs is 2. The van der Waals surface area contributed by atoms with Crippen molar-refractivity contribution in [2.75, 3.05) is 24.6 Å². The molecule has 1 aliphatic rings. The third-order valence-corrected chi connectivity index (χ3v) is 7.41. The molecule has 7 N–H and O–H groups in total. The second-order valence-corrected chi connectivity index (χ2v) is 10.2. The minimum absolute atomic E-state index is 0.0712. The molecule has 0 saturated carbocycles. The van der Waals surface area contributed by atoms with Gasteiger partial charge in [0.2, 0.25) is 5.91 Å². The Morgan fingerprint density at radius 3 is 2.71 bits per heavy atom. The summed E-state index contributed by atoms with van der Waals surface area (Å²) in [6.07, 6.45) is 3.70. The van der Waals surface area contributed by atoms with Crippen molar-refractivity contribution in [1.82, 2.24) is 29.4 Å². The minimum atomic E-state index is -1.42. The largest absolute Gasteiger partial charge is 0.494 e. The number of hydrogen-bond acceptors (Lipinski definition) is 10. The molecule has 41 heavy (non-hydrogen) atoms. The molecule has 218 valence electrons. The summed E-state index contributed by atoms with van der Waals surface area (Å²) < 4.78 is 7.22. The van der Waals surface area contributed by atoms with Crippen molar-refractivity contribution in [2.45, 2.75) is 63.1 Å². The highest BCUT2D eigenvalue weighted by atomic mass is 16.6. The highest BCUT2D eigenvalue weighted by molar-refractivity contribution is 6.03. The number of ether oxygens (including phenoxy) is 1. The van der Waals surface area contributed by atoms with E-state index in [0.717, 1.165) is 37.5 Å². The minimum Gasteiger partial charge on any atom is -0.494 e. The summed E-state index contributed by atoms with van der Waals surface area (Å²) >= 11 is 0. The summed E-state index contributed by atoms with van der Waals surface area (Å²) in [6, 6.07) is 5.36. The number of nitrogens with one attached hydrogen (secondary N) is 2. The molecule has 1 fully saturated rings. The van der Waals surface area contributed by atoms with E-state index in [2.05, 4.69) is 25.3 Å². The van der Waals surface area contributed by atoms with Gasteiger partial charge in [0.15, 0.2) is 29.7 Å². The lowest BCUT2D eigenvalue weighted by molar-refractivity contribution is -0.147. The molecular formula is C27H34N8O6. The zero-order valence-electron chi connectivity index (χ0n) is 22.6. The molecule has 14 heteroatoms. The Balaban J connectivity index is 1.02. The number of aromatic hydroxyl groups is 1. The molecule has 14 nitrogen and oxygen atoms in total. The van der Waals surface area contributed by atoms with Gasteiger partial charge in [-0.1, -0.05) is 25.3 Å². The lowest BCUT2D eigenvalue weighted by Gasteiger charge is -2.22. The van der Waals surface area contributed by atoms with Crippen molar-refractivity contribution in [3.8, 4) is 5.88 Å². The Labute approximate surface area is 235 Å². The van der Waals surface area contributed by atoms with Gasteiger partial charge in [0.1, 0.15) is 24.1 Å². The molecule has 4 aromatic rings. The average molecular weight is 567 g/mol. The van der Waals surface area contributed by atoms with E-state index in [0.29, 0.717) is 35.2 Å². The lowest BCUT2D eigenvalue weighted by Crippen LogP contribution is -2.43. The monoisotopic (exact) mass is 566 g/mol. The maximum absolute atomic E-state index is 13.0. The highest BCUT2D eigenvalue weighted by Crippen LogP contribution is 2.33. The molecule has 0 bridgehead atoms. The lowest BCUT2D eigenvalue weighted by atomic mass is 10.1. The number of anilines is 2. The second-order valence-electron chi connectivity index (χ2n) is 10.2. The molecule has 0 radical (unpaired) electrons. The molecule has 1 aliphatic heterocycles. The van der Waals surface area contributed by atoms with Crippen molar-refractivity contribution in [1.29, 1.82) is 0 Å². The van der Waals surface area contributed by atoms with Crippen LogP contribution in [0.3, 0.4) is 0 Å².